The van der Waals surface area contributed by atoms with Crippen LogP contribution in [0.5, 0.6) is 0 Å². The Labute approximate surface area is 137 Å². The minimum atomic E-state index is 0.516. The average Bonchev–Trinajstić information content (AvgIpc) is 2.53. The first-order valence-electron chi connectivity index (χ1n) is 9.02. The standard InChI is InChI=1S/C20H34N2/c1-7-18-9-8-10-19(13-18)17(6)21-11-12-22(16(4)5)20(14-21)15(2)3/h8-10,13,15-17,20H,7,11-12,14H2,1-6H3/t17-,20-/m0/s1. The maximum atomic E-state index is 2.69. The average molecular weight is 303 g/mol. The van der Waals surface area contributed by atoms with Crippen LogP contribution in [-0.2, 0) is 6.42 Å². The van der Waals surface area contributed by atoms with Gasteiger partial charge in [-0.25, -0.2) is 0 Å². The molecule has 1 saturated heterocycles. The quantitative estimate of drug-likeness (QED) is 0.797. The third kappa shape index (κ3) is 3.91. The van der Waals surface area contributed by atoms with Crippen molar-refractivity contribution in [3.05, 3.63) is 35.4 Å². The van der Waals surface area contributed by atoms with Gasteiger partial charge in [0.2, 0.25) is 0 Å². The summed E-state index contributed by atoms with van der Waals surface area (Å²) in [6.45, 7) is 17.6. The molecule has 1 heterocycles. The van der Waals surface area contributed by atoms with Gasteiger partial charge < -0.3 is 0 Å². The van der Waals surface area contributed by atoms with Gasteiger partial charge in [-0.05, 0) is 44.2 Å². The molecule has 0 spiro atoms. The van der Waals surface area contributed by atoms with Gasteiger partial charge in [-0.3, -0.25) is 9.80 Å². The van der Waals surface area contributed by atoms with Crippen molar-refractivity contribution in [1.82, 2.24) is 9.80 Å². The van der Waals surface area contributed by atoms with E-state index in [4.69, 9.17) is 0 Å². The zero-order valence-electron chi connectivity index (χ0n) is 15.3. The van der Waals surface area contributed by atoms with E-state index in [2.05, 4.69) is 75.6 Å². The van der Waals surface area contributed by atoms with Gasteiger partial charge in [0.1, 0.15) is 0 Å². The van der Waals surface area contributed by atoms with E-state index in [1.165, 1.54) is 30.8 Å². The number of hydrogen-bond acceptors (Lipinski definition) is 2. The lowest BCUT2D eigenvalue weighted by Gasteiger charge is -2.47. The Morgan fingerprint density at radius 2 is 1.82 bits per heavy atom. The molecule has 1 aromatic carbocycles. The van der Waals surface area contributed by atoms with Crippen molar-refractivity contribution in [2.45, 2.75) is 66.1 Å². The van der Waals surface area contributed by atoms with Crippen LogP contribution in [0.3, 0.4) is 0 Å². The highest BCUT2D eigenvalue weighted by Gasteiger charge is 2.32. The Bertz CT molecular complexity index is 467. The van der Waals surface area contributed by atoms with Gasteiger partial charge in [-0.2, -0.15) is 0 Å². The second kappa shape index (κ2) is 7.61. The molecule has 1 aromatic rings. The largest absolute Gasteiger partial charge is 0.295 e. The molecule has 0 aliphatic carbocycles. The van der Waals surface area contributed by atoms with Crippen LogP contribution in [0.1, 0.15) is 58.7 Å². The molecule has 2 rings (SSSR count). The molecule has 0 saturated carbocycles. The molecule has 0 aromatic heterocycles. The first-order valence-corrected chi connectivity index (χ1v) is 9.02. The van der Waals surface area contributed by atoms with Crippen molar-refractivity contribution >= 4 is 0 Å². The predicted molar refractivity (Wildman–Crippen MR) is 96.3 cm³/mol. The summed E-state index contributed by atoms with van der Waals surface area (Å²) in [4.78, 5) is 5.37. The highest BCUT2D eigenvalue weighted by atomic mass is 15.3. The Morgan fingerprint density at radius 3 is 2.41 bits per heavy atom. The summed E-state index contributed by atoms with van der Waals surface area (Å²) in [6.07, 6.45) is 1.12. The van der Waals surface area contributed by atoms with Crippen LogP contribution >= 0.6 is 0 Å². The van der Waals surface area contributed by atoms with E-state index in [-0.39, 0.29) is 0 Å². The maximum Gasteiger partial charge on any atom is 0.0321 e. The summed E-state index contributed by atoms with van der Waals surface area (Å²) in [6, 6.07) is 11.0. The van der Waals surface area contributed by atoms with Gasteiger partial charge in [-0.15, -0.1) is 0 Å². The third-order valence-electron chi connectivity index (χ3n) is 5.32. The van der Waals surface area contributed by atoms with Crippen LogP contribution in [-0.4, -0.2) is 41.5 Å². The summed E-state index contributed by atoms with van der Waals surface area (Å²) in [5.41, 5.74) is 2.92. The highest BCUT2D eigenvalue weighted by molar-refractivity contribution is 5.26. The van der Waals surface area contributed by atoms with E-state index >= 15 is 0 Å². The molecule has 2 nitrogen and oxygen atoms in total. The summed E-state index contributed by atoms with van der Waals surface area (Å²) < 4.78 is 0. The van der Waals surface area contributed by atoms with Crippen molar-refractivity contribution in [1.29, 1.82) is 0 Å². The molecule has 0 bridgehead atoms. The van der Waals surface area contributed by atoms with Crippen LogP contribution in [0.4, 0.5) is 0 Å². The first-order chi connectivity index (χ1) is 10.4. The van der Waals surface area contributed by atoms with Crippen LogP contribution < -0.4 is 0 Å². The van der Waals surface area contributed by atoms with Crippen LogP contribution in [0.2, 0.25) is 0 Å². The summed E-state index contributed by atoms with van der Waals surface area (Å²) in [5, 5.41) is 0. The fourth-order valence-electron chi connectivity index (χ4n) is 3.72. The number of benzene rings is 1. The molecule has 0 unspecified atom stereocenters. The summed E-state index contributed by atoms with van der Waals surface area (Å²) >= 11 is 0. The summed E-state index contributed by atoms with van der Waals surface area (Å²) in [7, 11) is 0. The normalized spacial score (nSPS) is 22.5. The van der Waals surface area contributed by atoms with E-state index in [0.717, 1.165) is 6.42 Å². The predicted octanol–water partition coefficient (Wildman–Crippen LogP) is 4.36. The van der Waals surface area contributed by atoms with Gasteiger partial charge in [-0.1, -0.05) is 45.0 Å². The van der Waals surface area contributed by atoms with Crippen LogP contribution in [0, 0.1) is 5.92 Å². The SMILES string of the molecule is CCc1cccc([C@H](C)N2CCN(C(C)C)[C@H](C(C)C)C2)c1. The van der Waals surface area contributed by atoms with Gasteiger partial charge in [0.25, 0.3) is 0 Å². The van der Waals surface area contributed by atoms with E-state index in [1.807, 2.05) is 0 Å². The minimum absolute atomic E-state index is 0.516. The zero-order chi connectivity index (χ0) is 16.3. The molecule has 22 heavy (non-hydrogen) atoms. The van der Waals surface area contributed by atoms with Crippen molar-refractivity contribution < 1.29 is 0 Å². The van der Waals surface area contributed by atoms with E-state index in [0.29, 0.717) is 24.0 Å². The molecule has 0 amide bonds. The number of rotatable bonds is 5. The molecule has 0 radical (unpaired) electrons. The maximum absolute atomic E-state index is 2.69. The van der Waals surface area contributed by atoms with E-state index < -0.39 is 0 Å². The molecule has 124 valence electrons. The number of hydrogen-bond donors (Lipinski definition) is 0. The Balaban J connectivity index is 2.12. The van der Waals surface area contributed by atoms with Crippen molar-refractivity contribution in [3.8, 4) is 0 Å². The molecular weight excluding hydrogens is 268 g/mol. The Kier molecular flexibility index (Phi) is 6.05. The molecule has 0 N–H and O–H groups in total. The number of piperazine rings is 1. The second-order valence-electron chi connectivity index (χ2n) is 7.41. The minimum Gasteiger partial charge on any atom is -0.295 e. The fraction of sp³-hybridized carbons (Fsp3) is 0.700. The molecule has 2 atom stereocenters. The van der Waals surface area contributed by atoms with Crippen LogP contribution in [0.25, 0.3) is 0 Å². The Hall–Kier alpha value is -0.860. The van der Waals surface area contributed by atoms with Crippen molar-refractivity contribution in [2.75, 3.05) is 19.6 Å². The summed E-state index contributed by atoms with van der Waals surface area (Å²) in [5.74, 6) is 0.708. The van der Waals surface area contributed by atoms with Gasteiger partial charge in [0, 0.05) is 37.8 Å². The smallest absolute Gasteiger partial charge is 0.0321 e. The fourth-order valence-corrected chi connectivity index (χ4v) is 3.72. The lowest BCUT2D eigenvalue weighted by Crippen LogP contribution is -2.57. The monoisotopic (exact) mass is 302 g/mol. The van der Waals surface area contributed by atoms with Gasteiger partial charge in [0.05, 0.1) is 0 Å². The van der Waals surface area contributed by atoms with Gasteiger partial charge >= 0.3 is 0 Å². The lowest BCUT2D eigenvalue weighted by atomic mass is 9.95. The molecular formula is C20H34N2. The second-order valence-corrected chi connectivity index (χ2v) is 7.41. The highest BCUT2D eigenvalue weighted by Crippen LogP contribution is 2.27. The first kappa shape index (κ1) is 17.5. The van der Waals surface area contributed by atoms with Crippen molar-refractivity contribution in [3.63, 3.8) is 0 Å². The van der Waals surface area contributed by atoms with E-state index in [1.54, 1.807) is 0 Å². The van der Waals surface area contributed by atoms with Gasteiger partial charge in [0.15, 0.2) is 0 Å². The van der Waals surface area contributed by atoms with E-state index in [9.17, 15) is 0 Å². The Morgan fingerprint density at radius 1 is 1.09 bits per heavy atom. The number of nitrogens with zero attached hydrogens (tertiary/aromatic N) is 2. The third-order valence-corrected chi connectivity index (χ3v) is 5.32. The van der Waals surface area contributed by atoms with Crippen LogP contribution in [0.15, 0.2) is 24.3 Å². The topological polar surface area (TPSA) is 6.48 Å². The lowest BCUT2D eigenvalue weighted by molar-refractivity contribution is 0.0121. The zero-order valence-corrected chi connectivity index (χ0v) is 15.3. The molecule has 1 aliphatic heterocycles. The number of aryl methyl sites for hydroxylation is 1. The van der Waals surface area contributed by atoms with Crippen molar-refractivity contribution in [2.24, 2.45) is 5.92 Å². The molecule has 1 fully saturated rings. The molecule has 2 heteroatoms. The molecule has 1 aliphatic rings.